The van der Waals surface area contributed by atoms with Gasteiger partial charge in [-0.1, -0.05) is 29.8 Å². The maximum Gasteiger partial charge on any atom is 0.343 e. The number of amides is 1. The molecule has 1 fully saturated rings. The summed E-state index contributed by atoms with van der Waals surface area (Å²) in [4.78, 5) is 29.9. The average Bonchev–Trinajstić information content (AvgIpc) is 3.16. The molecule has 0 aliphatic carbocycles. The third-order valence-corrected chi connectivity index (χ3v) is 6.29. The summed E-state index contributed by atoms with van der Waals surface area (Å²) in [7, 11) is 0. The number of aliphatic imine (C=N–C) groups is 1. The van der Waals surface area contributed by atoms with Crippen LogP contribution in [0.4, 0.5) is 5.69 Å². The molecule has 0 spiro atoms. The van der Waals surface area contributed by atoms with Crippen molar-refractivity contribution < 1.29 is 19.1 Å². The second kappa shape index (κ2) is 10.9. The molecular formula is C25H18BrClN2O4S. The number of hydrogen-bond donors (Lipinski definition) is 1. The van der Waals surface area contributed by atoms with Crippen LogP contribution in [0.25, 0.3) is 6.08 Å². The maximum absolute atomic E-state index is 12.5. The van der Waals surface area contributed by atoms with Crippen molar-refractivity contribution in [2.24, 2.45) is 4.99 Å². The zero-order chi connectivity index (χ0) is 24.1. The van der Waals surface area contributed by atoms with Gasteiger partial charge in [-0.3, -0.25) is 4.79 Å². The van der Waals surface area contributed by atoms with Crippen LogP contribution < -0.4 is 14.8 Å². The van der Waals surface area contributed by atoms with Gasteiger partial charge >= 0.3 is 5.97 Å². The van der Waals surface area contributed by atoms with Gasteiger partial charge in [0.2, 0.25) is 0 Å². The molecule has 3 aromatic carbocycles. The number of halogens is 2. The fourth-order valence-corrected chi connectivity index (χ4v) is 4.53. The molecule has 1 amide bonds. The summed E-state index contributed by atoms with van der Waals surface area (Å²) in [6.07, 6.45) is 1.72. The van der Waals surface area contributed by atoms with Crippen molar-refractivity contribution in [2.75, 3.05) is 6.61 Å². The third-order valence-electron chi connectivity index (χ3n) is 4.54. The Balaban J connectivity index is 1.59. The van der Waals surface area contributed by atoms with Crippen LogP contribution >= 0.6 is 39.3 Å². The Morgan fingerprint density at radius 1 is 1.15 bits per heavy atom. The number of thioether (sulfide) groups is 1. The fraction of sp³-hybridized carbons (Fsp3) is 0.0800. The fourth-order valence-electron chi connectivity index (χ4n) is 3.02. The maximum atomic E-state index is 12.5. The number of rotatable bonds is 6. The molecule has 1 aliphatic rings. The zero-order valence-corrected chi connectivity index (χ0v) is 21.0. The van der Waals surface area contributed by atoms with Crippen LogP contribution in [-0.4, -0.2) is 23.7 Å². The molecule has 6 nitrogen and oxygen atoms in total. The van der Waals surface area contributed by atoms with Crippen molar-refractivity contribution in [3.63, 3.8) is 0 Å². The molecule has 3 aromatic rings. The van der Waals surface area contributed by atoms with Crippen molar-refractivity contribution in [1.82, 2.24) is 5.32 Å². The molecule has 9 heteroatoms. The Kier molecular flexibility index (Phi) is 7.72. The minimum Gasteiger partial charge on any atom is -0.490 e. The molecule has 172 valence electrons. The van der Waals surface area contributed by atoms with Gasteiger partial charge in [0.15, 0.2) is 16.7 Å². The summed E-state index contributed by atoms with van der Waals surface area (Å²) in [5.41, 5.74) is 1.80. The van der Waals surface area contributed by atoms with Crippen LogP contribution in [0.1, 0.15) is 22.8 Å². The smallest absolute Gasteiger partial charge is 0.343 e. The second-order valence-electron chi connectivity index (χ2n) is 6.98. The molecule has 0 radical (unpaired) electrons. The summed E-state index contributed by atoms with van der Waals surface area (Å²) in [6.45, 7) is 2.21. The van der Waals surface area contributed by atoms with E-state index in [1.807, 2.05) is 13.0 Å². The van der Waals surface area contributed by atoms with Crippen molar-refractivity contribution in [3.05, 3.63) is 92.3 Å². The highest BCUT2D eigenvalue weighted by Crippen LogP contribution is 2.39. The summed E-state index contributed by atoms with van der Waals surface area (Å²) in [6, 6.07) is 19.2. The first kappa shape index (κ1) is 24.1. The number of carbonyl (C=O) groups is 2. The number of amidine groups is 1. The molecule has 1 aliphatic heterocycles. The number of ether oxygens (including phenoxy) is 2. The van der Waals surface area contributed by atoms with E-state index < -0.39 is 5.97 Å². The zero-order valence-electron chi connectivity index (χ0n) is 17.9. The Morgan fingerprint density at radius 3 is 2.59 bits per heavy atom. The Bertz CT molecular complexity index is 1290. The predicted octanol–water partition coefficient (Wildman–Crippen LogP) is 6.61. The van der Waals surface area contributed by atoms with E-state index in [-0.39, 0.29) is 11.7 Å². The molecule has 0 atom stereocenters. The van der Waals surface area contributed by atoms with Crippen LogP contribution in [-0.2, 0) is 4.79 Å². The van der Waals surface area contributed by atoms with Crippen LogP contribution in [0, 0.1) is 0 Å². The average molecular weight is 558 g/mol. The predicted molar refractivity (Wildman–Crippen MR) is 139 cm³/mol. The van der Waals surface area contributed by atoms with Gasteiger partial charge in [-0.05, 0) is 94.8 Å². The molecule has 1 N–H and O–H groups in total. The van der Waals surface area contributed by atoms with Gasteiger partial charge in [-0.25, -0.2) is 9.79 Å². The lowest BCUT2D eigenvalue weighted by Crippen LogP contribution is -2.19. The van der Waals surface area contributed by atoms with E-state index in [0.717, 1.165) is 0 Å². The first-order chi connectivity index (χ1) is 16.4. The van der Waals surface area contributed by atoms with Crippen LogP contribution in [0.5, 0.6) is 11.5 Å². The standard InChI is InChI=1S/C25H18BrClN2O4S/c1-2-32-20-13-15(12-19(26)22(20)33-24(31)16-6-4-3-5-7-16)14-21-23(30)29-25(34-21)28-18-10-8-17(27)9-11-18/h3-14H,2H2,1H3,(H,28,29,30)/b21-14-. The molecular weight excluding hydrogens is 540 g/mol. The molecule has 0 bridgehead atoms. The first-order valence-electron chi connectivity index (χ1n) is 10.2. The van der Waals surface area contributed by atoms with Gasteiger partial charge in [-0.2, -0.15) is 0 Å². The highest BCUT2D eigenvalue weighted by atomic mass is 79.9. The lowest BCUT2D eigenvalue weighted by atomic mass is 10.1. The van der Waals surface area contributed by atoms with Crippen molar-refractivity contribution in [3.8, 4) is 11.5 Å². The normalized spacial score (nSPS) is 15.4. The van der Waals surface area contributed by atoms with E-state index in [2.05, 4.69) is 26.2 Å². The monoisotopic (exact) mass is 556 g/mol. The second-order valence-corrected chi connectivity index (χ2v) is 9.30. The number of esters is 1. The summed E-state index contributed by atoms with van der Waals surface area (Å²) in [5, 5.41) is 3.84. The van der Waals surface area contributed by atoms with Crippen LogP contribution in [0.3, 0.4) is 0 Å². The lowest BCUT2D eigenvalue weighted by Gasteiger charge is -2.13. The van der Waals surface area contributed by atoms with Gasteiger partial charge in [-0.15, -0.1) is 0 Å². The van der Waals surface area contributed by atoms with Gasteiger partial charge in [0.1, 0.15) is 0 Å². The minimum absolute atomic E-state index is 0.258. The third kappa shape index (κ3) is 5.88. The van der Waals surface area contributed by atoms with E-state index in [9.17, 15) is 9.59 Å². The van der Waals surface area contributed by atoms with Gasteiger partial charge in [0.25, 0.3) is 5.91 Å². The largest absolute Gasteiger partial charge is 0.490 e. The topological polar surface area (TPSA) is 77.0 Å². The number of hydrogen-bond acceptors (Lipinski definition) is 6. The number of nitrogens with zero attached hydrogens (tertiary/aromatic N) is 1. The highest BCUT2D eigenvalue weighted by Gasteiger charge is 2.24. The Morgan fingerprint density at radius 2 is 1.88 bits per heavy atom. The Labute approximate surface area is 214 Å². The van der Waals surface area contributed by atoms with Gasteiger partial charge < -0.3 is 14.8 Å². The lowest BCUT2D eigenvalue weighted by molar-refractivity contribution is -0.115. The van der Waals surface area contributed by atoms with Crippen molar-refractivity contribution in [1.29, 1.82) is 0 Å². The van der Waals surface area contributed by atoms with E-state index in [0.29, 0.717) is 48.7 Å². The highest BCUT2D eigenvalue weighted by molar-refractivity contribution is 9.10. The van der Waals surface area contributed by atoms with Gasteiger partial charge in [0.05, 0.1) is 27.2 Å². The SMILES string of the molecule is CCOc1cc(/C=C2\SC(=Nc3ccc(Cl)cc3)NC2=O)cc(Br)c1OC(=O)c1ccccc1. The molecule has 1 saturated heterocycles. The summed E-state index contributed by atoms with van der Waals surface area (Å²) >= 11 is 10.6. The van der Waals surface area contributed by atoms with E-state index in [1.165, 1.54) is 11.8 Å². The molecule has 0 unspecified atom stereocenters. The quantitative estimate of drug-likeness (QED) is 0.210. The Hall–Kier alpha value is -3.07. The van der Waals surface area contributed by atoms with Gasteiger partial charge in [0, 0.05) is 5.02 Å². The molecule has 1 heterocycles. The molecule has 34 heavy (non-hydrogen) atoms. The van der Waals surface area contributed by atoms with E-state index in [4.69, 9.17) is 21.1 Å². The van der Waals surface area contributed by atoms with Crippen LogP contribution in [0.2, 0.25) is 5.02 Å². The summed E-state index contributed by atoms with van der Waals surface area (Å²) in [5.74, 6) is -0.105. The van der Waals surface area contributed by atoms with Crippen molar-refractivity contribution in [2.45, 2.75) is 6.92 Å². The number of benzene rings is 3. The molecule has 0 saturated carbocycles. The molecule has 0 aromatic heterocycles. The number of nitrogens with one attached hydrogen (secondary N) is 1. The minimum atomic E-state index is -0.498. The van der Waals surface area contributed by atoms with E-state index >= 15 is 0 Å². The van der Waals surface area contributed by atoms with Crippen molar-refractivity contribution >= 4 is 68.1 Å². The molecule has 4 rings (SSSR count). The van der Waals surface area contributed by atoms with E-state index in [1.54, 1.807) is 66.7 Å². The summed E-state index contributed by atoms with van der Waals surface area (Å²) < 4.78 is 11.8. The number of carbonyl (C=O) groups excluding carboxylic acids is 2. The van der Waals surface area contributed by atoms with Crippen LogP contribution in [0.15, 0.2) is 81.1 Å². The first-order valence-corrected chi connectivity index (χ1v) is 12.2.